The largest absolute Gasteiger partial charge is 0.573 e. The molecule has 0 fully saturated rings. The molecule has 130 valence electrons. The Labute approximate surface area is 143 Å². The summed E-state index contributed by atoms with van der Waals surface area (Å²) in [5, 5.41) is 4.22. The van der Waals surface area contributed by atoms with Crippen LogP contribution in [0.2, 0.25) is 0 Å². The highest BCUT2D eigenvalue weighted by Crippen LogP contribution is 2.29. The van der Waals surface area contributed by atoms with Crippen molar-refractivity contribution >= 4 is 22.4 Å². The second kappa shape index (κ2) is 7.01. The Balaban J connectivity index is 1.89. The molecule has 0 aliphatic rings. The predicted octanol–water partition coefficient (Wildman–Crippen LogP) is 5.83. The minimum atomic E-state index is -4.70. The van der Waals surface area contributed by atoms with E-state index in [0.717, 1.165) is 28.6 Å². The molecular formula is C19H17F3N2O. The molecule has 3 nitrogen and oxygen atoms in total. The zero-order valence-corrected chi connectivity index (χ0v) is 13.6. The summed E-state index contributed by atoms with van der Waals surface area (Å²) in [5.74, 6) is 0.425. The quantitative estimate of drug-likeness (QED) is 0.631. The van der Waals surface area contributed by atoms with Gasteiger partial charge in [0.2, 0.25) is 0 Å². The van der Waals surface area contributed by atoms with Gasteiger partial charge in [-0.1, -0.05) is 31.5 Å². The molecule has 0 aliphatic carbocycles. The Kier molecular flexibility index (Phi) is 4.79. The standard InChI is InChI=1S/C19H17F3N2O/c1-2-5-14-12-15(25-19(20,21)22)9-10-17(14)24-18-11-8-13-6-3-4-7-16(13)23-18/h3-4,6-12H,2,5H2,1H3,(H,23,24). The minimum absolute atomic E-state index is 0.215. The van der Waals surface area contributed by atoms with Gasteiger partial charge in [-0.2, -0.15) is 0 Å². The first-order chi connectivity index (χ1) is 11.9. The molecular weight excluding hydrogens is 329 g/mol. The van der Waals surface area contributed by atoms with Crippen LogP contribution in [0, 0.1) is 0 Å². The summed E-state index contributed by atoms with van der Waals surface area (Å²) in [7, 11) is 0. The van der Waals surface area contributed by atoms with Gasteiger partial charge >= 0.3 is 6.36 Å². The lowest BCUT2D eigenvalue weighted by Crippen LogP contribution is -2.17. The number of pyridine rings is 1. The van der Waals surface area contributed by atoms with Crippen molar-refractivity contribution in [3.63, 3.8) is 0 Å². The maximum Gasteiger partial charge on any atom is 0.573 e. The van der Waals surface area contributed by atoms with Crippen LogP contribution in [-0.4, -0.2) is 11.3 Å². The number of alkyl halides is 3. The van der Waals surface area contributed by atoms with E-state index in [9.17, 15) is 13.2 Å². The van der Waals surface area contributed by atoms with Gasteiger partial charge in [0, 0.05) is 11.1 Å². The number of anilines is 2. The van der Waals surface area contributed by atoms with Crippen LogP contribution in [0.15, 0.2) is 54.6 Å². The molecule has 0 amide bonds. The van der Waals surface area contributed by atoms with Crippen molar-refractivity contribution < 1.29 is 17.9 Å². The van der Waals surface area contributed by atoms with Gasteiger partial charge in [0.15, 0.2) is 0 Å². The number of para-hydroxylation sites is 1. The fourth-order valence-corrected chi connectivity index (χ4v) is 2.64. The van der Waals surface area contributed by atoms with Gasteiger partial charge in [0.25, 0.3) is 0 Å². The van der Waals surface area contributed by atoms with Gasteiger partial charge in [-0.25, -0.2) is 4.98 Å². The van der Waals surface area contributed by atoms with E-state index in [1.54, 1.807) is 6.07 Å². The van der Waals surface area contributed by atoms with Crippen LogP contribution in [0.4, 0.5) is 24.7 Å². The molecule has 0 aliphatic heterocycles. The number of nitrogens with zero attached hydrogens (tertiary/aromatic N) is 1. The van der Waals surface area contributed by atoms with Gasteiger partial charge in [0.05, 0.1) is 5.52 Å². The zero-order chi connectivity index (χ0) is 17.9. The Morgan fingerprint density at radius 3 is 2.60 bits per heavy atom. The SMILES string of the molecule is CCCc1cc(OC(F)(F)F)ccc1Nc1ccc2ccccc2n1. The molecule has 1 heterocycles. The summed E-state index contributed by atoms with van der Waals surface area (Å²) in [6.07, 6.45) is -3.27. The maximum atomic E-state index is 12.4. The molecule has 0 radical (unpaired) electrons. The summed E-state index contributed by atoms with van der Waals surface area (Å²) in [6.45, 7) is 1.97. The number of hydrogen-bond acceptors (Lipinski definition) is 3. The lowest BCUT2D eigenvalue weighted by Gasteiger charge is -2.15. The van der Waals surface area contributed by atoms with Crippen LogP contribution in [0.3, 0.4) is 0 Å². The number of ether oxygens (including phenoxy) is 1. The van der Waals surface area contributed by atoms with Crippen molar-refractivity contribution in [2.24, 2.45) is 0 Å². The van der Waals surface area contributed by atoms with Crippen molar-refractivity contribution in [3.05, 3.63) is 60.2 Å². The van der Waals surface area contributed by atoms with Crippen molar-refractivity contribution in [1.29, 1.82) is 0 Å². The molecule has 0 bridgehead atoms. The number of aromatic nitrogens is 1. The number of rotatable bonds is 5. The monoisotopic (exact) mass is 346 g/mol. The van der Waals surface area contributed by atoms with E-state index in [1.165, 1.54) is 12.1 Å². The number of aryl methyl sites for hydroxylation is 1. The van der Waals surface area contributed by atoms with Gasteiger partial charge in [-0.3, -0.25) is 0 Å². The zero-order valence-electron chi connectivity index (χ0n) is 13.6. The van der Waals surface area contributed by atoms with Crippen LogP contribution in [0.1, 0.15) is 18.9 Å². The van der Waals surface area contributed by atoms with Gasteiger partial charge in [0.1, 0.15) is 11.6 Å². The molecule has 0 spiro atoms. The predicted molar refractivity (Wildman–Crippen MR) is 92.1 cm³/mol. The van der Waals surface area contributed by atoms with Crippen LogP contribution < -0.4 is 10.1 Å². The first-order valence-corrected chi connectivity index (χ1v) is 7.96. The van der Waals surface area contributed by atoms with E-state index in [4.69, 9.17) is 0 Å². The molecule has 3 aromatic rings. The van der Waals surface area contributed by atoms with E-state index in [0.29, 0.717) is 12.2 Å². The fourth-order valence-electron chi connectivity index (χ4n) is 2.64. The number of nitrogens with one attached hydrogen (secondary N) is 1. The van der Waals surface area contributed by atoms with Crippen LogP contribution in [0.5, 0.6) is 5.75 Å². The number of hydrogen-bond donors (Lipinski definition) is 1. The highest BCUT2D eigenvalue weighted by molar-refractivity contribution is 5.80. The van der Waals surface area contributed by atoms with Gasteiger partial charge in [-0.05, 0) is 48.4 Å². The second-order valence-electron chi connectivity index (χ2n) is 5.63. The first-order valence-electron chi connectivity index (χ1n) is 7.96. The number of benzene rings is 2. The van der Waals surface area contributed by atoms with E-state index in [-0.39, 0.29) is 5.75 Å². The molecule has 1 aromatic heterocycles. The number of halogens is 3. The summed E-state index contributed by atoms with van der Waals surface area (Å²) in [6, 6.07) is 15.8. The van der Waals surface area contributed by atoms with Gasteiger partial charge in [-0.15, -0.1) is 13.2 Å². The average molecular weight is 346 g/mol. The second-order valence-corrected chi connectivity index (χ2v) is 5.63. The van der Waals surface area contributed by atoms with E-state index >= 15 is 0 Å². The molecule has 0 unspecified atom stereocenters. The molecule has 2 aromatic carbocycles. The summed E-state index contributed by atoms with van der Waals surface area (Å²) in [5.41, 5.74) is 2.32. The molecule has 0 atom stereocenters. The Morgan fingerprint density at radius 1 is 1.04 bits per heavy atom. The van der Waals surface area contributed by atoms with E-state index < -0.39 is 6.36 Å². The number of fused-ring (bicyclic) bond motifs is 1. The third-order valence-corrected chi connectivity index (χ3v) is 3.69. The summed E-state index contributed by atoms with van der Waals surface area (Å²) in [4.78, 5) is 4.53. The highest BCUT2D eigenvalue weighted by Gasteiger charge is 2.31. The topological polar surface area (TPSA) is 34.1 Å². The lowest BCUT2D eigenvalue weighted by atomic mass is 10.1. The van der Waals surface area contributed by atoms with Crippen LogP contribution >= 0.6 is 0 Å². The average Bonchev–Trinajstić information content (AvgIpc) is 2.56. The molecule has 3 rings (SSSR count). The molecule has 6 heteroatoms. The summed E-state index contributed by atoms with van der Waals surface area (Å²) < 4.78 is 41.2. The van der Waals surface area contributed by atoms with Crippen molar-refractivity contribution in [1.82, 2.24) is 4.98 Å². The molecule has 1 N–H and O–H groups in total. The van der Waals surface area contributed by atoms with Crippen LogP contribution in [-0.2, 0) is 6.42 Å². The molecule has 25 heavy (non-hydrogen) atoms. The highest BCUT2D eigenvalue weighted by atomic mass is 19.4. The third-order valence-electron chi connectivity index (χ3n) is 3.69. The Morgan fingerprint density at radius 2 is 1.84 bits per heavy atom. The summed E-state index contributed by atoms with van der Waals surface area (Å²) >= 11 is 0. The fraction of sp³-hybridized carbons (Fsp3) is 0.211. The van der Waals surface area contributed by atoms with E-state index in [1.807, 2.05) is 43.3 Å². The lowest BCUT2D eigenvalue weighted by molar-refractivity contribution is -0.274. The van der Waals surface area contributed by atoms with E-state index in [2.05, 4.69) is 15.0 Å². The van der Waals surface area contributed by atoms with Gasteiger partial charge < -0.3 is 10.1 Å². The first kappa shape index (κ1) is 17.1. The smallest absolute Gasteiger partial charge is 0.406 e. The van der Waals surface area contributed by atoms with Crippen molar-refractivity contribution in [2.45, 2.75) is 26.1 Å². The Hall–Kier alpha value is -2.76. The van der Waals surface area contributed by atoms with Crippen LogP contribution in [0.25, 0.3) is 10.9 Å². The normalized spacial score (nSPS) is 11.5. The van der Waals surface area contributed by atoms with Crippen molar-refractivity contribution in [3.8, 4) is 5.75 Å². The van der Waals surface area contributed by atoms with Crippen molar-refractivity contribution in [2.75, 3.05) is 5.32 Å². The third kappa shape index (κ3) is 4.41. The molecule has 0 saturated carbocycles. The minimum Gasteiger partial charge on any atom is -0.406 e. The molecule has 0 saturated heterocycles. The Bertz CT molecular complexity index is 878. The maximum absolute atomic E-state index is 12.4.